The molecule has 0 spiro atoms. The van der Waals surface area contributed by atoms with Crippen LogP contribution in [0.1, 0.15) is 52.9 Å². The highest BCUT2D eigenvalue weighted by molar-refractivity contribution is 4.78. The Morgan fingerprint density at radius 2 is 2.17 bits per heavy atom. The van der Waals surface area contributed by atoms with E-state index < -0.39 is 0 Å². The predicted molar refractivity (Wildman–Crippen MR) is 78.1 cm³/mol. The van der Waals surface area contributed by atoms with Gasteiger partial charge in [0.2, 0.25) is 0 Å². The normalized spacial score (nSPS) is 23.2. The zero-order chi connectivity index (χ0) is 13.2. The maximum absolute atomic E-state index is 5.89. The van der Waals surface area contributed by atoms with Crippen LogP contribution in [0.5, 0.6) is 0 Å². The molecular weight excluding hydrogens is 224 g/mol. The summed E-state index contributed by atoms with van der Waals surface area (Å²) >= 11 is 0. The first kappa shape index (κ1) is 15.9. The van der Waals surface area contributed by atoms with Crippen molar-refractivity contribution in [2.45, 2.75) is 65.0 Å². The SMILES string of the molecule is CCCCNCC(C)N1CCCC(OCCC)C1. The summed E-state index contributed by atoms with van der Waals surface area (Å²) in [4.78, 5) is 2.59. The summed E-state index contributed by atoms with van der Waals surface area (Å²) in [5.41, 5.74) is 0. The van der Waals surface area contributed by atoms with Crippen molar-refractivity contribution >= 4 is 0 Å². The standard InChI is InChI=1S/C15H32N2O/c1-4-6-9-16-12-14(3)17-10-7-8-15(13-17)18-11-5-2/h14-16H,4-13H2,1-3H3. The first-order chi connectivity index (χ1) is 8.77. The average molecular weight is 256 g/mol. The smallest absolute Gasteiger partial charge is 0.0702 e. The fourth-order valence-electron chi connectivity index (χ4n) is 2.53. The van der Waals surface area contributed by atoms with E-state index in [0.29, 0.717) is 12.1 Å². The van der Waals surface area contributed by atoms with Gasteiger partial charge in [0.1, 0.15) is 0 Å². The van der Waals surface area contributed by atoms with E-state index >= 15 is 0 Å². The van der Waals surface area contributed by atoms with Gasteiger partial charge >= 0.3 is 0 Å². The van der Waals surface area contributed by atoms with Crippen molar-refractivity contribution in [2.24, 2.45) is 0 Å². The van der Waals surface area contributed by atoms with Gasteiger partial charge in [0.05, 0.1) is 6.10 Å². The number of piperidine rings is 1. The Morgan fingerprint density at radius 1 is 1.33 bits per heavy atom. The number of hydrogen-bond acceptors (Lipinski definition) is 3. The summed E-state index contributed by atoms with van der Waals surface area (Å²) in [6.45, 7) is 12.3. The molecule has 2 unspecified atom stereocenters. The van der Waals surface area contributed by atoms with E-state index in [4.69, 9.17) is 4.74 Å². The van der Waals surface area contributed by atoms with Gasteiger partial charge in [0, 0.05) is 25.7 Å². The van der Waals surface area contributed by atoms with Crippen molar-refractivity contribution in [1.29, 1.82) is 0 Å². The molecular formula is C15H32N2O. The molecule has 1 heterocycles. The fraction of sp³-hybridized carbons (Fsp3) is 1.00. The molecule has 2 atom stereocenters. The highest BCUT2D eigenvalue weighted by atomic mass is 16.5. The van der Waals surface area contributed by atoms with Gasteiger partial charge in [0.15, 0.2) is 0 Å². The van der Waals surface area contributed by atoms with Crippen LogP contribution in [0.2, 0.25) is 0 Å². The van der Waals surface area contributed by atoms with E-state index in [1.54, 1.807) is 0 Å². The summed E-state index contributed by atoms with van der Waals surface area (Å²) < 4.78 is 5.89. The van der Waals surface area contributed by atoms with Gasteiger partial charge in [-0.15, -0.1) is 0 Å². The van der Waals surface area contributed by atoms with E-state index in [9.17, 15) is 0 Å². The number of unbranched alkanes of at least 4 members (excludes halogenated alkanes) is 1. The van der Waals surface area contributed by atoms with E-state index in [-0.39, 0.29) is 0 Å². The predicted octanol–water partition coefficient (Wildman–Crippen LogP) is 2.66. The fourth-order valence-corrected chi connectivity index (χ4v) is 2.53. The first-order valence-corrected chi connectivity index (χ1v) is 7.84. The summed E-state index contributed by atoms with van der Waals surface area (Å²) in [5.74, 6) is 0. The Hall–Kier alpha value is -0.120. The van der Waals surface area contributed by atoms with Crippen LogP contribution in [0.15, 0.2) is 0 Å². The molecule has 1 saturated heterocycles. The maximum Gasteiger partial charge on any atom is 0.0702 e. The zero-order valence-corrected chi connectivity index (χ0v) is 12.6. The quantitative estimate of drug-likeness (QED) is 0.642. The Labute approximate surface area is 113 Å². The lowest BCUT2D eigenvalue weighted by Gasteiger charge is -2.36. The van der Waals surface area contributed by atoms with Crippen molar-refractivity contribution in [3.8, 4) is 0 Å². The molecule has 108 valence electrons. The highest BCUT2D eigenvalue weighted by Crippen LogP contribution is 2.15. The molecule has 0 aromatic carbocycles. The number of ether oxygens (including phenoxy) is 1. The Morgan fingerprint density at radius 3 is 2.89 bits per heavy atom. The Balaban J connectivity index is 2.18. The minimum Gasteiger partial charge on any atom is -0.377 e. The van der Waals surface area contributed by atoms with E-state index in [0.717, 1.165) is 32.7 Å². The third-order valence-electron chi connectivity index (χ3n) is 3.74. The molecule has 0 saturated carbocycles. The van der Waals surface area contributed by atoms with Crippen LogP contribution >= 0.6 is 0 Å². The molecule has 0 amide bonds. The monoisotopic (exact) mass is 256 g/mol. The van der Waals surface area contributed by atoms with Gasteiger partial charge in [-0.1, -0.05) is 20.3 Å². The molecule has 3 heteroatoms. The summed E-state index contributed by atoms with van der Waals surface area (Å²) in [6, 6.07) is 0.634. The molecule has 1 fully saturated rings. The van der Waals surface area contributed by atoms with Gasteiger partial charge in [-0.25, -0.2) is 0 Å². The lowest BCUT2D eigenvalue weighted by Crippen LogP contribution is -2.48. The highest BCUT2D eigenvalue weighted by Gasteiger charge is 2.23. The molecule has 0 bridgehead atoms. The maximum atomic E-state index is 5.89. The van der Waals surface area contributed by atoms with Crippen LogP contribution < -0.4 is 5.32 Å². The molecule has 0 aliphatic carbocycles. The minimum absolute atomic E-state index is 0.469. The second-order valence-electron chi connectivity index (χ2n) is 5.54. The zero-order valence-electron chi connectivity index (χ0n) is 12.6. The molecule has 3 nitrogen and oxygen atoms in total. The number of hydrogen-bond donors (Lipinski definition) is 1. The topological polar surface area (TPSA) is 24.5 Å². The van der Waals surface area contributed by atoms with Crippen molar-refractivity contribution in [2.75, 3.05) is 32.8 Å². The van der Waals surface area contributed by atoms with Gasteiger partial charge in [-0.05, 0) is 45.7 Å². The molecule has 1 N–H and O–H groups in total. The average Bonchev–Trinajstić information content (AvgIpc) is 2.41. The second kappa shape index (κ2) is 9.76. The van der Waals surface area contributed by atoms with Gasteiger partial charge in [0.25, 0.3) is 0 Å². The molecule has 0 aromatic rings. The number of nitrogens with one attached hydrogen (secondary N) is 1. The van der Waals surface area contributed by atoms with Gasteiger partial charge < -0.3 is 10.1 Å². The van der Waals surface area contributed by atoms with Crippen LogP contribution in [0.4, 0.5) is 0 Å². The van der Waals surface area contributed by atoms with E-state index in [1.165, 1.54) is 32.2 Å². The van der Waals surface area contributed by atoms with Crippen LogP contribution in [-0.4, -0.2) is 49.8 Å². The minimum atomic E-state index is 0.469. The van der Waals surface area contributed by atoms with E-state index in [2.05, 4.69) is 31.0 Å². The summed E-state index contributed by atoms with van der Waals surface area (Å²) in [6.07, 6.45) is 6.69. The van der Waals surface area contributed by atoms with Gasteiger partial charge in [-0.2, -0.15) is 0 Å². The van der Waals surface area contributed by atoms with Crippen molar-refractivity contribution in [1.82, 2.24) is 10.2 Å². The van der Waals surface area contributed by atoms with Crippen molar-refractivity contribution < 1.29 is 4.74 Å². The largest absolute Gasteiger partial charge is 0.377 e. The molecule has 1 aliphatic heterocycles. The third kappa shape index (κ3) is 6.17. The first-order valence-electron chi connectivity index (χ1n) is 7.84. The lowest BCUT2D eigenvalue weighted by molar-refractivity contribution is -0.0101. The van der Waals surface area contributed by atoms with Crippen LogP contribution in [-0.2, 0) is 4.74 Å². The molecule has 1 aliphatic rings. The Kier molecular flexibility index (Phi) is 8.64. The second-order valence-corrected chi connectivity index (χ2v) is 5.54. The third-order valence-corrected chi connectivity index (χ3v) is 3.74. The molecule has 0 aromatic heterocycles. The van der Waals surface area contributed by atoms with Crippen LogP contribution in [0.25, 0.3) is 0 Å². The lowest BCUT2D eigenvalue weighted by atomic mass is 10.1. The van der Waals surface area contributed by atoms with Crippen molar-refractivity contribution in [3.63, 3.8) is 0 Å². The van der Waals surface area contributed by atoms with Gasteiger partial charge in [-0.3, -0.25) is 4.90 Å². The number of rotatable bonds is 9. The summed E-state index contributed by atoms with van der Waals surface area (Å²) in [5, 5.41) is 3.56. The van der Waals surface area contributed by atoms with E-state index in [1.807, 2.05) is 0 Å². The van der Waals surface area contributed by atoms with Crippen LogP contribution in [0.3, 0.4) is 0 Å². The molecule has 18 heavy (non-hydrogen) atoms. The van der Waals surface area contributed by atoms with Crippen molar-refractivity contribution in [3.05, 3.63) is 0 Å². The summed E-state index contributed by atoms with van der Waals surface area (Å²) in [7, 11) is 0. The number of likely N-dealkylation sites (tertiary alicyclic amines) is 1. The van der Waals surface area contributed by atoms with Crippen LogP contribution in [0, 0.1) is 0 Å². The molecule has 1 rings (SSSR count). The Bertz CT molecular complexity index is 199. The molecule has 0 radical (unpaired) electrons. The number of nitrogens with zero attached hydrogens (tertiary/aromatic N) is 1.